The first kappa shape index (κ1) is 14.6. The van der Waals surface area contributed by atoms with E-state index in [9.17, 15) is 4.79 Å². The summed E-state index contributed by atoms with van der Waals surface area (Å²) in [7, 11) is 0. The van der Waals surface area contributed by atoms with Crippen LogP contribution < -0.4 is 11.1 Å². The summed E-state index contributed by atoms with van der Waals surface area (Å²) in [5.74, 6) is 5.54. The van der Waals surface area contributed by atoms with Gasteiger partial charge in [-0.3, -0.25) is 4.79 Å². The molecule has 0 aliphatic rings. The second-order valence-corrected chi connectivity index (χ2v) is 5.47. The van der Waals surface area contributed by atoms with Crippen molar-refractivity contribution in [2.75, 3.05) is 11.9 Å². The van der Waals surface area contributed by atoms with E-state index in [0.717, 1.165) is 11.1 Å². The number of amides is 1. The standard InChI is InChI=1S/C15H13ClN2OS/c1-10-7-11(3-2-5-17)9-12(8-10)18-15(19)14-13(16)4-6-20-14/h4,6-9H,5,17H2,1H3,(H,18,19). The predicted molar refractivity (Wildman–Crippen MR) is 84.4 cm³/mol. The molecule has 0 aliphatic heterocycles. The van der Waals surface area contributed by atoms with Gasteiger partial charge in [-0.2, -0.15) is 0 Å². The van der Waals surface area contributed by atoms with E-state index in [1.54, 1.807) is 11.4 Å². The summed E-state index contributed by atoms with van der Waals surface area (Å²) in [5, 5.41) is 5.08. The highest BCUT2D eigenvalue weighted by molar-refractivity contribution is 7.12. The van der Waals surface area contributed by atoms with Crippen molar-refractivity contribution in [3.8, 4) is 11.8 Å². The Hall–Kier alpha value is -1.80. The number of hydrogen-bond donors (Lipinski definition) is 2. The minimum absolute atomic E-state index is 0.215. The predicted octanol–water partition coefficient (Wildman–Crippen LogP) is 3.27. The van der Waals surface area contributed by atoms with E-state index < -0.39 is 0 Å². The molecule has 0 saturated carbocycles. The minimum atomic E-state index is -0.215. The van der Waals surface area contributed by atoms with E-state index in [1.165, 1.54) is 11.3 Å². The van der Waals surface area contributed by atoms with E-state index in [2.05, 4.69) is 17.2 Å². The number of thiophene rings is 1. The first-order chi connectivity index (χ1) is 9.60. The summed E-state index contributed by atoms with van der Waals surface area (Å²) in [6.07, 6.45) is 0. The highest BCUT2D eigenvalue weighted by atomic mass is 35.5. The van der Waals surface area contributed by atoms with Crippen LogP contribution in [0.15, 0.2) is 29.6 Å². The Labute approximate surface area is 126 Å². The molecule has 0 aliphatic carbocycles. The highest BCUT2D eigenvalue weighted by Gasteiger charge is 2.12. The molecule has 1 aromatic heterocycles. The molecule has 0 unspecified atom stereocenters. The fourth-order valence-electron chi connectivity index (χ4n) is 1.72. The Morgan fingerprint density at radius 1 is 1.45 bits per heavy atom. The average molecular weight is 305 g/mol. The number of anilines is 1. The van der Waals surface area contributed by atoms with Crippen molar-refractivity contribution < 1.29 is 4.79 Å². The molecule has 0 fully saturated rings. The van der Waals surface area contributed by atoms with Crippen molar-refractivity contribution in [1.29, 1.82) is 0 Å². The Bertz CT molecular complexity index is 697. The van der Waals surface area contributed by atoms with Gasteiger partial charge in [-0.15, -0.1) is 11.3 Å². The number of hydrogen-bond acceptors (Lipinski definition) is 3. The summed E-state index contributed by atoms with van der Waals surface area (Å²) in [4.78, 5) is 12.6. The summed E-state index contributed by atoms with van der Waals surface area (Å²) in [5.41, 5.74) is 7.89. The lowest BCUT2D eigenvalue weighted by Crippen LogP contribution is -2.10. The van der Waals surface area contributed by atoms with Gasteiger partial charge < -0.3 is 11.1 Å². The van der Waals surface area contributed by atoms with Crippen LogP contribution in [-0.2, 0) is 0 Å². The molecular formula is C15H13ClN2OS. The first-order valence-corrected chi connectivity index (χ1v) is 7.21. The summed E-state index contributed by atoms with van der Waals surface area (Å²) in [6, 6.07) is 7.34. The van der Waals surface area contributed by atoms with Crippen LogP contribution in [0.4, 0.5) is 5.69 Å². The largest absolute Gasteiger partial charge is 0.321 e. The van der Waals surface area contributed by atoms with Gasteiger partial charge in [0.1, 0.15) is 4.88 Å². The van der Waals surface area contributed by atoms with E-state index in [-0.39, 0.29) is 5.91 Å². The van der Waals surface area contributed by atoms with Crippen molar-refractivity contribution in [3.05, 3.63) is 50.7 Å². The molecule has 0 radical (unpaired) electrons. The van der Waals surface area contributed by atoms with Crippen LogP contribution in [0.5, 0.6) is 0 Å². The lowest BCUT2D eigenvalue weighted by atomic mass is 10.1. The number of benzene rings is 1. The number of carbonyl (C=O) groups is 1. The van der Waals surface area contributed by atoms with Gasteiger partial charge in [0, 0.05) is 11.3 Å². The second-order valence-electron chi connectivity index (χ2n) is 4.15. The number of rotatable bonds is 2. The van der Waals surface area contributed by atoms with Gasteiger partial charge in [-0.05, 0) is 42.1 Å². The fourth-order valence-corrected chi connectivity index (χ4v) is 2.76. The Morgan fingerprint density at radius 2 is 2.25 bits per heavy atom. The maximum absolute atomic E-state index is 12.1. The van der Waals surface area contributed by atoms with Gasteiger partial charge in [0.25, 0.3) is 5.91 Å². The molecule has 0 saturated heterocycles. The molecule has 3 N–H and O–H groups in total. The summed E-state index contributed by atoms with van der Waals surface area (Å²) in [6.45, 7) is 2.25. The molecule has 0 spiro atoms. The second kappa shape index (κ2) is 6.58. The maximum Gasteiger partial charge on any atom is 0.267 e. The quantitative estimate of drug-likeness (QED) is 0.837. The zero-order valence-electron chi connectivity index (χ0n) is 10.9. The molecule has 0 atom stereocenters. The summed E-state index contributed by atoms with van der Waals surface area (Å²) >= 11 is 7.26. The normalized spacial score (nSPS) is 9.75. The lowest BCUT2D eigenvalue weighted by Gasteiger charge is -2.06. The van der Waals surface area contributed by atoms with E-state index >= 15 is 0 Å². The third-order valence-corrected chi connectivity index (χ3v) is 3.83. The summed E-state index contributed by atoms with van der Waals surface area (Å²) < 4.78 is 0. The van der Waals surface area contributed by atoms with Crippen molar-refractivity contribution in [1.82, 2.24) is 0 Å². The van der Waals surface area contributed by atoms with Crippen molar-refractivity contribution in [3.63, 3.8) is 0 Å². The molecule has 1 heterocycles. The third-order valence-electron chi connectivity index (χ3n) is 2.49. The van der Waals surface area contributed by atoms with Crippen LogP contribution in [0, 0.1) is 18.8 Å². The van der Waals surface area contributed by atoms with Gasteiger partial charge in [0.05, 0.1) is 11.6 Å². The van der Waals surface area contributed by atoms with Crippen LogP contribution >= 0.6 is 22.9 Å². The number of aryl methyl sites for hydroxylation is 1. The molecule has 0 bridgehead atoms. The van der Waals surface area contributed by atoms with E-state index in [0.29, 0.717) is 22.1 Å². The lowest BCUT2D eigenvalue weighted by molar-refractivity contribution is 0.103. The molecule has 1 amide bonds. The van der Waals surface area contributed by atoms with Crippen LogP contribution in [0.3, 0.4) is 0 Å². The van der Waals surface area contributed by atoms with Gasteiger partial charge in [-0.25, -0.2) is 0 Å². The monoisotopic (exact) mass is 304 g/mol. The van der Waals surface area contributed by atoms with Gasteiger partial charge in [0.15, 0.2) is 0 Å². The van der Waals surface area contributed by atoms with Crippen LogP contribution in [0.25, 0.3) is 0 Å². The minimum Gasteiger partial charge on any atom is -0.321 e. The first-order valence-electron chi connectivity index (χ1n) is 5.95. The van der Waals surface area contributed by atoms with Gasteiger partial charge in [0.2, 0.25) is 0 Å². The third kappa shape index (κ3) is 3.61. The molecule has 2 aromatic rings. The van der Waals surface area contributed by atoms with E-state index in [4.69, 9.17) is 17.3 Å². The average Bonchev–Trinajstić information content (AvgIpc) is 2.82. The van der Waals surface area contributed by atoms with Crippen molar-refractivity contribution in [2.45, 2.75) is 6.92 Å². The van der Waals surface area contributed by atoms with E-state index in [1.807, 2.05) is 25.1 Å². The Kier molecular flexibility index (Phi) is 4.80. The molecule has 1 aromatic carbocycles. The smallest absolute Gasteiger partial charge is 0.267 e. The number of carbonyl (C=O) groups excluding carboxylic acids is 1. The van der Waals surface area contributed by atoms with Crippen LogP contribution in [0.1, 0.15) is 20.8 Å². The van der Waals surface area contributed by atoms with Gasteiger partial charge in [-0.1, -0.05) is 23.4 Å². The number of halogens is 1. The fraction of sp³-hybridized carbons (Fsp3) is 0.133. The zero-order valence-corrected chi connectivity index (χ0v) is 12.4. The molecule has 5 heteroatoms. The topological polar surface area (TPSA) is 55.1 Å². The van der Waals surface area contributed by atoms with Crippen LogP contribution in [-0.4, -0.2) is 12.5 Å². The van der Waals surface area contributed by atoms with Gasteiger partial charge >= 0.3 is 0 Å². The number of nitrogens with one attached hydrogen (secondary N) is 1. The Morgan fingerprint density at radius 3 is 2.90 bits per heavy atom. The molecule has 102 valence electrons. The Balaban J connectivity index is 2.23. The zero-order chi connectivity index (χ0) is 14.5. The molecule has 2 rings (SSSR count). The highest BCUT2D eigenvalue weighted by Crippen LogP contribution is 2.23. The maximum atomic E-state index is 12.1. The molecular weight excluding hydrogens is 292 g/mol. The van der Waals surface area contributed by atoms with Crippen LogP contribution in [0.2, 0.25) is 5.02 Å². The SMILES string of the molecule is Cc1cc(C#CCN)cc(NC(=O)c2sccc2Cl)c1. The number of nitrogens with two attached hydrogens (primary N) is 1. The molecule has 3 nitrogen and oxygen atoms in total. The molecule has 20 heavy (non-hydrogen) atoms. The van der Waals surface area contributed by atoms with Crippen molar-refractivity contribution >= 4 is 34.5 Å². The van der Waals surface area contributed by atoms with Crippen molar-refractivity contribution in [2.24, 2.45) is 5.73 Å².